The fraction of sp³-hybridized carbons (Fsp3) is 0.333. The van der Waals surface area contributed by atoms with Crippen molar-refractivity contribution >= 4 is 35.0 Å². The number of fused-ring (bicyclic) bond motifs is 1. The Morgan fingerprint density at radius 1 is 1.39 bits per heavy atom. The average molecular weight is 265 g/mol. The number of nitrogens with one attached hydrogen (secondary N) is 2. The van der Waals surface area contributed by atoms with Crippen molar-refractivity contribution in [3.63, 3.8) is 0 Å². The number of carbonyl (C=O) groups excluding carboxylic acids is 2. The zero-order chi connectivity index (χ0) is 13.1. The summed E-state index contributed by atoms with van der Waals surface area (Å²) in [4.78, 5) is 24.0. The molecule has 0 unspecified atom stereocenters. The zero-order valence-corrected chi connectivity index (χ0v) is 10.8. The third kappa shape index (κ3) is 2.59. The SMILES string of the molecule is CSCC[C@@H]1NC(=O)c2cc(N)ccc2NC1=O. The van der Waals surface area contributed by atoms with Crippen molar-refractivity contribution in [2.45, 2.75) is 12.5 Å². The highest BCUT2D eigenvalue weighted by atomic mass is 32.2. The molecule has 6 heteroatoms. The number of amides is 2. The molecule has 1 atom stereocenters. The number of hydrogen-bond acceptors (Lipinski definition) is 4. The van der Waals surface area contributed by atoms with E-state index in [4.69, 9.17) is 5.73 Å². The number of nitrogens with two attached hydrogens (primary N) is 1. The van der Waals surface area contributed by atoms with Gasteiger partial charge in [-0.25, -0.2) is 0 Å². The zero-order valence-electron chi connectivity index (χ0n) is 10.0. The predicted octanol–water partition coefficient (Wildman–Crippen LogP) is 1.07. The van der Waals surface area contributed by atoms with E-state index in [9.17, 15) is 9.59 Å². The number of rotatable bonds is 3. The van der Waals surface area contributed by atoms with Crippen molar-refractivity contribution in [2.24, 2.45) is 0 Å². The van der Waals surface area contributed by atoms with Gasteiger partial charge in [0.05, 0.1) is 11.3 Å². The quantitative estimate of drug-likeness (QED) is 0.714. The van der Waals surface area contributed by atoms with Crippen LogP contribution in [0, 0.1) is 0 Å². The molecule has 0 aliphatic carbocycles. The van der Waals surface area contributed by atoms with Gasteiger partial charge in [0.1, 0.15) is 6.04 Å². The number of hydrogen-bond donors (Lipinski definition) is 3. The molecule has 1 heterocycles. The summed E-state index contributed by atoms with van der Waals surface area (Å²) in [5.74, 6) is 0.374. The third-order valence-electron chi connectivity index (χ3n) is 2.78. The van der Waals surface area contributed by atoms with Gasteiger partial charge >= 0.3 is 0 Å². The molecule has 0 fully saturated rings. The second-order valence-corrected chi connectivity index (χ2v) is 5.09. The maximum atomic E-state index is 12.0. The molecule has 0 spiro atoms. The Bertz CT molecular complexity index is 490. The third-order valence-corrected chi connectivity index (χ3v) is 3.42. The van der Waals surface area contributed by atoms with Crippen LogP contribution in [0.3, 0.4) is 0 Å². The molecule has 0 radical (unpaired) electrons. The van der Waals surface area contributed by atoms with Crippen LogP contribution in [0.2, 0.25) is 0 Å². The lowest BCUT2D eigenvalue weighted by atomic mass is 10.1. The van der Waals surface area contributed by atoms with E-state index in [0.29, 0.717) is 23.4 Å². The fourth-order valence-electron chi connectivity index (χ4n) is 1.82. The van der Waals surface area contributed by atoms with Crippen LogP contribution in [0.4, 0.5) is 11.4 Å². The number of carbonyl (C=O) groups is 2. The Kier molecular flexibility index (Phi) is 3.76. The highest BCUT2D eigenvalue weighted by Crippen LogP contribution is 2.22. The van der Waals surface area contributed by atoms with Crippen LogP contribution in [0.25, 0.3) is 0 Å². The first-order valence-corrected chi connectivity index (χ1v) is 7.01. The second-order valence-electron chi connectivity index (χ2n) is 4.10. The lowest BCUT2D eigenvalue weighted by molar-refractivity contribution is -0.117. The van der Waals surface area contributed by atoms with Crippen LogP contribution >= 0.6 is 11.8 Å². The summed E-state index contributed by atoms with van der Waals surface area (Å²) in [6.45, 7) is 0. The lowest BCUT2D eigenvalue weighted by Crippen LogP contribution is -2.41. The summed E-state index contributed by atoms with van der Waals surface area (Å²) < 4.78 is 0. The van der Waals surface area contributed by atoms with E-state index in [0.717, 1.165) is 5.75 Å². The molecule has 1 aliphatic rings. The molecule has 5 nitrogen and oxygen atoms in total. The second kappa shape index (κ2) is 5.30. The molecular formula is C12H15N3O2S. The molecule has 0 bridgehead atoms. The van der Waals surface area contributed by atoms with E-state index in [-0.39, 0.29) is 11.8 Å². The van der Waals surface area contributed by atoms with Crippen LogP contribution < -0.4 is 16.4 Å². The van der Waals surface area contributed by atoms with Gasteiger partial charge in [-0.2, -0.15) is 11.8 Å². The topological polar surface area (TPSA) is 84.2 Å². The summed E-state index contributed by atoms with van der Waals surface area (Å²) >= 11 is 1.64. The Labute approximate surface area is 110 Å². The molecule has 0 aromatic heterocycles. The average Bonchev–Trinajstić information content (AvgIpc) is 2.46. The summed E-state index contributed by atoms with van der Waals surface area (Å²) in [7, 11) is 0. The summed E-state index contributed by atoms with van der Waals surface area (Å²) in [6, 6.07) is 4.40. The number of nitrogen functional groups attached to an aromatic ring is 1. The first-order valence-electron chi connectivity index (χ1n) is 5.62. The van der Waals surface area contributed by atoms with Gasteiger partial charge in [-0.15, -0.1) is 0 Å². The summed E-state index contributed by atoms with van der Waals surface area (Å²) in [6.07, 6.45) is 2.58. The molecule has 4 N–H and O–H groups in total. The van der Waals surface area contributed by atoms with Gasteiger partial charge in [0.25, 0.3) is 5.91 Å². The van der Waals surface area contributed by atoms with Gasteiger partial charge in [0, 0.05) is 5.69 Å². The Morgan fingerprint density at radius 2 is 2.17 bits per heavy atom. The largest absolute Gasteiger partial charge is 0.399 e. The highest BCUT2D eigenvalue weighted by Gasteiger charge is 2.27. The van der Waals surface area contributed by atoms with Gasteiger partial charge in [-0.1, -0.05) is 0 Å². The van der Waals surface area contributed by atoms with Crippen molar-refractivity contribution in [1.29, 1.82) is 0 Å². The van der Waals surface area contributed by atoms with E-state index in [1.54, 1.807) is 30.0 Å². The predicted molar refractivity (Wildman–Crippen MR) is 73.7 cm³/mol. The van der Waals surface area contributed by atoms with Crippen LogP contribution in [0.15, 0.2) is 18.2 Å². The van der Waals surface area contributed by atoms with Gasteiger partial charge in [0.15, 0.2) is 0 Å². The van der Waals surface area contributed by atoms with Crippen molar-refractivity contribution in [1.82, 2.24) is 5.32 Å². The van der Waals surface area contributed by atoms with E-state index in [1.807, 2.05) is 6.26 Å². The number of benzene rings is 1. The number of anilines is 2. The minimum Gasteiger partial charge on any atom is -0.399 e. The summed E-state index contributed by atoms with van der Waals surface area (Å²) in [5.41, 5.74) is 7.07. The van der Waals surface area contributed by atoms with Gasteiger partial charge in [-0.05, 0) is 36.6 Å². The fourth-order valence-corrected chi connectivity index (χ4v) is 2.29. The van der Waals surface area contributed by atoms with E-state index < -0.39 is 6.04 Å². The standard InChI is InChI=1S/C12H15N3O2S/c1-18-5-4-10-12(17)14-9-3-2-7(13)6-8(9)11(16)15-10/h2-3,6,10H,4-5,13H2,1H3,(H,14,17)(H,15,16)/t10-/m0/s1. The van der Waals surface area contributed by atoms with Crippen LogP contribution in [-0.2, 0) is 4.79 Å². The maximum Gasteiger partial charge on any atom is 0.254 e. The molecule has 96 valence electrons. The minimum atomic E-state index is -0.487. The molecule has 2 rings (SSSR count). The van der Waals surface area contributed by atoms with Gasteiger partial charge < -0.3 is 16.4 Å². The van der Waals surface area contributed by atoms with E-state index in [1.165, 1.54) is 0 Å². The first kappa shape index (κ1) is 12.8. The molecule has 1 aliphatic heterocycles. The minimum absolute atomic E-state index is 0.180. The summed E-state index contributed by atoms with van der Waals surface area (Å²) in [5, 5.41) is 5.48. The van der Waals surface area contributed by atoms with Gasteiger partial charge in [-0.3, -0.25) is 9.59 Å². The molecular weight excluding hydrogens is 250 g/mol. The molecule has 18 heavy (non-hydrogen) atoms. The van der Waals surface area contributed by atoms with Gasteiger partial charge in [0.2, 0.25) is 5.91 Å². The van der Waals surface area contributed by atoms with Crippen molar-refractivity contribution in [3.8, 4) is 0 Å². The monoisotopic (exact) mass is 265 g/mol. The first-order chi connectivity index (χ1) is 8.61. The van der Waals surface area contributed by atoms with Crippen molar-refractivity contribution in [2.75, 3.05) is 23.1 Å². The molecule has 1 aromatic carbocycles. The molecule has 1 aromatic rings. The lowest BCUT2D eigenvalue weighted by Gasteiger charge is -2.13. The van der Waals surface area contributed by atoms with Crippen molar-refractivity contribution < 1.29 is 9.59 Å². The van der Waals surface area contributed by atoms with E-state index >= 15 is 0 Å². The van der Waals surface area contributed by atoms with Crippen LogP contribution in [0.5, 0.6) is 0 Å². The number of thioether (sulfide) groups is 1. The molecule has 0 saturated heterocycles. The van der Waals surface area contributed by atoms with E-state index in [2.05, 4.69) is 10.6 Å². The van der Waals surface area contributed by atoms with Crippen molar-refractivity contribution in [3.05, 3.63) is 23.8 Å². The smallest absolute Gasteiger partial charge is 0.254 e. The normalized spacial score (nSPS) is 18.6. The maximum absolute atomic E-state index is 12.0. The van der Waals surface area contributed by atoms with Crippen LogP contribution in [-0.4, -0.2) is 29.9 Å². The van der Waals surface area contributed by atoms with Crippen LogP contribution in [0.1, 0.15) is 16.8 Å². The Balaban J connectivity index is 2.26. The highest BCUT2D eigenvalue weighted by molar-refractivity contribution is 7.98. The Hall–Kier alpha value is -1.69. The molecule has 2 amide bonds. The Morgan fingerprint density at radius 3 is 2.89 bits per heavy atom. The molecule has 0 saturated carbocycles.